The van der Waals surface area contributed by atoms with E-state index >= 15 is 0 Å². The molecule has 4 heterocycles. The van der Waals surface area contributed by atoms with Crippen molar-refractivity contribution in [2.75, 3.05) is 6.61 Å². The number of pyridine rings is 2. The molecule has 1 aliphatic rings. The molecule has 0 bridgehead atoms. The molecule has 5 nitrogen and oxygen atoms in total. The second-order valence-electron chi connectivity index (χ2n) is 4.84. The maximum Gasteiger partial charge on any atom is 0.188 e. The summed E-state index contributed by atoms with van der Waals surface area (Å²) in [7, 11) is 0. The molecule has 0 aliphatic carbocycles. The number of ketones is 1. The maximum absolute atomic E-state index is 11.9. The van der Waals surface area contributed by atoms with Gasteiger partial charge in [-0.25, -0.2) is 9.97 Å². The van der Waals surface area contributed by atoms with Gasteiger partial charge in [0.05, 0.1) is 17.2 Å². The number of Topliss-reactive ketones (excluding diaryl/α,β-unsaturated/α-hetero) is 1. The Morgan fingerprint density at radius 2 is 2.14 bits per heavy atom. The fraction of sp³-hybridized carbons (Fsp3) is 0.125. The third-order valence-electron chi connectivity index (χ3n) is 3.38. The summed E-state index contributed by atoms with van der Waals surface area (Å²) in [6.45, 7) is 0.429. The monoisotopic (exact) mass is 309 g/mol. The Balaban J connectivity index is 1.73. The predicted molar refractivity (Wildman–Crippen MR) is 83.0 cm³/mol. The summed E-state index contributed by atoms with van der Waals surface area (Å²) >= 11 is 1.53. The Morgan fingerprint density at radius 1 is 1.18 bits per heavy atom. The molecule has 3 aromatic heterocycles. The van der Waals surface area contributed by atoms with Crippen LogP contribution in [0.1, 0.15) is 16.9 Å². The minimum absolute atomic E-state index is 0.0279. The Bertz CT molecular complexity index is 846. The first-order chi connectivity index (χ1) is 10.8. The quantitative estimate of drug-likeness (QED) is 0.727. The van der Waals surface area contributed by atoms with Crippen LogP contribution >= 0.6 is 11.3 Å². The van der Waals surface area contributed by atoms with Gasteiger partial charge >= 0.3 is 0 Å². The maximum atomic E-state index is 11.9. The summed E-state index contributed by atoms with van der Waals surface area (Å²) in [5.74, 6) is 0.595. The van der Waals surface area contributed by atoms with Gasteiger partial charge in [0.2, 0.25) is 0 Å². The van der Waals surface area contributed by atoms with E-state index in [0.29, 0.717) is 24.5 Å². The summed E-state index contributed by atoms with van der Waals surface area (Å²) < 4.78 is 5.46. The molecule has 0 radical (unpaired) electrons. The van der Waals surface area contributed by atoms with E-state index in [-0.39, 0.29) is 5.78 Å². The van der Waals surface area contributed by atoms with Crippen LogP contribution in [0.2, 0.25) is 0 Å². The number of rotatable bonds is 2. The van der Waals surface area contributed by atoms with Crippen molar-refractivity contribution in [1.82, 2.24) is 15.0 Å². The molecule has 0 N–H and O–H groups in total. The van der Waals surface area contributed by atoms with Crippen molar-refractivity contribution in [2.45, 2.75) is 6.42 Å². The van der Waals surface area contributed by atoms with Crippen LogP contribution in [0.25, 0.3) is 21.1 Å². The highest BCUT2D eigenvalue weighted by Gasteiger charge is 2.21. The van der Waals surface area contributed by atoms with Crippen molar-refractivity contribution < 1.29 is 9.53 Å². The first-order valence-electron chi connectivity index (χ1n) is 6.85. The zero-order valence-electron chi connectivity index (χ0n) is 11.5. The van der Waals surface area contributed by atoms with Crippen LogP contribution < -0.4 is 4.74 Å². The lowest BCUT2D eigenvalue weighted by Crippen LogP contribution is -2.16. The van der Waals surface area contributed by atoms with E-state index in [1.54, 1.807) is 24.7 Å². The molecule has 22 heavy (non-hydrogen) atoms. The number of ether oxygens (including phenoxy) is 1. The van der Waals surface area contributed by atoms with Gasteiger partial charge in [-0.05, 0) is 24.3 Å². The van der Waals surface area contributed by atoms with Crippen molar-refractivity contribution >= 4 is 17.1 Å². The molecule has 0 spiro atoms. The molecule has 1 aliphatic heterocycles. The zero-order chi connectivity index (χ0) is 14.9. The highest BCUT2D eigenvalue weighted by atomic mass is 32.1. The predicted octanol–water partition coefficient (Wildman–Crippen LogP) is 3.23. The second-order valence-corrected chi connectivity index (χ2v) is 5.87. The number of hydrogen-bond acceptors (Lipinski definition) is 6. The lowest BCUT2D eigenvalue weighted by atomic mass is 10.1. The van der Waals surface area contributed by atoms with Gasteiger partial charge < -0.3 is 4.74 Å². The Hall–Kier alpha value is -2.60. The number of thiazole rings is 1. The van der Waals surface area contributed by atoms with E-state index in [9.17, 15) is 4.79 Å². The van der Waals surface area contributed by atoms with Crippen LogP contribution in [-0.2, 0) is 0 Å². The number of aromatic nitrogens is 3. The van der Waals surface area contributed by atoms with Crippen molar-refractivity contribution in [3.8, 4) is 26.9 Å². The van der Waals surface area contributed by atoms with Gasteiger partial charge in [0.1, 0.15) is 16.5 Å². The van der Waals surface area contributed by atoms with E-state index in [0.717, 1.165) is 21.1 Å². The molecule has 108 valence electrons. The molecular weight excluding hydrogens is 298 g/mol. The van der Waals surface area contributed by atoms with Crippen molar-refractivity contribution in [3.05, 3.63) is 48.5 Å². The highest BCUT2D eigenvalue weighted by Crippen LogP contribution is 2.33. The average Bonchev–Trinajstić information content (AvgIpc) is 3.06. The Labute approximate surface area is 130 Å². The minimum Gasteiger partial charge on any atom is -0.491 e. The summed E-state index contributed by atoms with van der Waals surface area (Å²) in [6, 6.07) is 7.51. The molecule has 4 rings (SSSR count). The summed E-state index contributed by atoms with van der Waals surface area (Å²) in [6.07, 6.45) is 5.66. The van der Waals surface area contributed by atoms with Crippen molar-refractivity contribution in [1.29, 1.82) is 0 Å². The zero-order valence-corrected chi connectivity index (χ0v) is 12.3. The van der Waals surface area contributed by atoms with Crippen LogP contribution in [0, 0.1) is 0 Å². The Morgan fingerprint density at radius 3 is 3.00 bits per heavy atom. The third kappa shape index (κ3) is 2.27. The van der Waals surface area contributed by atoms with E-state index in [2.05, 4.69) is 15.0 Å². The molecule has 3 aromatic rings. The summed E-state index contributed by atoms with van der Waals surface area (Å²) in [4.78, 5) is 25.8. The molecule has 0 amide bonds. The van der Waals surface area contributed by atoms with Gasteiger partial charge in [0.25, 0.3) is 0 Å². The Kier molecular flexibility index (Phi) is 3.16. The molecule has 0 saturated heterocycles. The van der Waals surface area contributed by atoms with Gasteiger partial charge in [-0.15, -0.1) is 11.3 Å². The lowest BCUT2D eigenvalue weighted by Gasteiger charge is -2.15. The van der Waals surface area contributed by atoms with E-state index < -0.39 is 0 Å². The fourth-order valence-electron chi connectivity index (χ4n) is 2.29. The average molecular weight is 309 g/mol. The first kappa shape index (κ1) is 13.1. The van der Waals surface area contributed by atoms with Crippen LogP contribution in [-0.4, -0.2) is 27.3 Å². The van der Waals surface area contributed by atoms with Crippen LogP contribution in [0.5, 0.6) is 5.75 Å². The number of hydrogen-bond donors (Lipinski definition) is 0. The fourth-order valence-corrected chi connectivity index (χ4v) is 3.16. The van der Waals surface area contributed by atoms with Gasteiger partial charge in [-0.3, -0.25) is 9.78 Å². The molecule has 0 fully saturated rings. The standard InChI is InChI=1S/C16H11N3O2S/c20-12-5-7-21-13-4-3-11(19-15(12)13)14-9-18-16(22-14)10-2-1-6-17-8-10/h1-4,6,8-9H,5,7H2. The van der Waals surface area contributed by atoms with E-state index in [1.807, 2.05) is 18.2 Å². The van der Waals surface area contributed by atoms with E-state index in [1.165, 1.54) is 11.3 Å². The minimum atomic E-state index is 0.0279. The van der Waals surface area contributed by atoms with E-state index in [4.69, 9.17) is 4.74 Å². The van der Waals surface area contributed by atoms with Crippen LogP contribution in [0.3, 0.4) is 0 Å². The number of nitrogens with zero attached hydrogens (tertiary/aromatic N) is 3. The molecule has 0 atom stereocenters. The molecule has 0 unspecified atom stereocenters. The van der Waals surface area contributed by atoms with Crippen molar-refractivity contribution in [3.63, 3.8) is 0 Å². The second kappa shape index (κ2) is 5.31. The molecular formula is C16H11N3O2S. The topological polar surface area (TPSA) is 65.0 Å². The van der Waals surface area contributed by atoms with Crippen LogP contribution in [0.4, 0.5) is 0 Å². The van der Waals surface area contributed by atoms with Crippen molar-refractivity contribution in [2.24, 2.45) is 0 Å². The third-order valence-corrected chi connectivity index (χ3v) is 4.44. The van der Waals surface area contributed by atoms with Gasteiger partial charge in [0.15, 0.2) is 5.78 Å². The number of carbonyl (C=O) groups is 1. The first-order valence-corrected chi connectivity index (χ1v) is 7.66. The number of carbonyl (C=O) groups excluding carboxylic acids is 1. The van der Waals surface area contributed by atoms with Gasteiger partial charge in [-0.1, -0.05) is 0 Å². The summed E-state index contributed by atoms with van der Waals surface area (Å²) in [5.41, 5.74) is 2.13. The van der Waals surface area contributed by atoms with Gasteiger partial charge in [0, 0.05) is 30.6 Å². The molecule has 6 heteroatoms. The molecule has 0 aromatic carbocycles. The summed E-state index contributed by atoms with van der Waals surface area (Å²) in [5, 5.41) is 0.880. The number of fused-ring (bicyclic) bond motifs is 1. The molecule has 0 saturated carbocycles. The van der Waals surface area contributed by atoms with Gasteiger partial charge in [-0.2, -0.15) is 0 Å². The normalized spacial score (nSPS) is 13.5. The lowest BCUT2D eigenvalue weighted by molar-refractivity contribution is 0.0927. The SMILES string of the molecule is O=C1CCOc2ccc(-c3cnc(-c4cccnc4)s3)nc21. The smallest absolute Gasteiger partial charge is 0.188 e. The largest absolute Gasteiger partial charge is 0.491 e. The van der Waals surface area contributed by atoms with Crippen LogP contribution in [0.15, 0.2) is 42.9 Å². The highest BCUT2D eigenvalue weighted by molar-refractivity contribution is 7.18.